The fourth-order valence-electron chi connectivity index (χ4n) is 3.02. The van der Waals surface area contributed by atoms with Gasteiger partial charge in [-0.1, -0.05) is 0 Å². The number of hydrogen-bond acceptors (Lipinski definition) is 5. The van der Waals surface area contributed by atoms with E-state index in [9.17, 15) is 9.59 Å². The molecule has 0 aliphatic rings. The summed E-state index contributed by atoms with van der Waals surface area (Å²) >= 11 is 1.09. The summed E-state index contributed by atoms with van der Waals surface area (Å²) in [5.41, 5.74) is 10.3. The number of amides is 2. The molecule has 0 atom stereocenters. The molecule has 2 aromatic carbocycles. The van der Waals surface area contributed by atoms with Gasteiger partial charge in [-0.25, -0.2) is 0 Å². The molecule has 28 heavy (non-hydrogen) atoms. The summed E-state index contributed by atoms with van der Waals surface area (Å²) in [5, 5.41) is 0. The Kier molecular flexibility index (Phi) is 4.62. The Bertz CT molecular complexity index is 1160. The second kappa shape index (κ2) is 7.24. The minimum atomic E-state index is -0.418. The summed E-state index contributed by atoms with van der Waals surface area (Å²) in [6, 6.07) is 16.3. The zero-order valence-electron chi connectivity index (χ0n) is 15.3. The predicted octanol–water partition coefficient (Wildman–Crippen LogP) is 3.17. The first-order chi connectivity index (χ1) is 13.5. The van der Waals surface area contributed by atoms with E-state index in [1.807, 2.05) is 38.1 Å². The fourth-order valence-corrected chi connectivity index (χ4v) is 3.54. The maximum absolute atomic E-state index is 12.3. The number of nitrogens with zero attached hydrogens (tertiary/aromatic N) is 3. The SMILES string of the molecule is Cc1ccc(C)n1-c1ccc(C(=O)NNC(=O)c2ccc3nsnc3c2)cc1. The molecule has 0 saturated heterocycles. The Hall–Kier alpha value is -3.52. The second-order valence-corrected chi connectivity index (χ2v) is 6.90. The molecule has 0 aliphatic heterocycles. The lowest BCUT2D eigenvalue weighted by Gasteiger charge is -2.11. The standard InChI is InChI=1S/C20H17N5O2S/c1-12-3-4-13(2)25(12)16-8-5-14(6-9-16)19(26)21-22-20(27)15-7-10-17-18(11-15)24-28-23-17/h3-11H,1-2H3,(H,21,26)(H,22,27). The summed E-state index contributed by atoms with van der Waals surface area (Å²) in [6.07, 6.45) is 0. The lowest BCUT2D eigenvalue weighted by molar-refractivity contribution is 0.0847. The topological polar surface area (TPSA) is 88.9 Å². The Balaban J connectivity index is 1.42. The average molecular weight is 391 g/mol. The Morgan fingerprint density at radius 2 is 1.36 bits per heavy atom. The van der Waals surface area contributed by atoms with Gasteiger partial charge in [-0.3, -0.25) is 20.4 Å². The van der Waals surface area contributed by atoms with Gasteiger partial charge in [0, 0.05) is 28.2 Å². The third-order valence-corrected chi connectivity index (χ3v) is 5.02. The van der Waals surface area contributed by atoms with Crippen LogP contribution in [0.5, 0.6) is 0 Å². The van der Waals surface area contributed by atoms with Crippen LogP contribution in [0, 0.1) is 13.8 Å². The second-order valence-electron chi connectivity index (χ2n) is 6.37. The van der Waals surface area contributed by atoms with E-state index in [1.165, 1.54) is 0 Å². The van der Waals surface area contributed by atoms with Crippen LogP contribution in [0.25, 0.3) is 16.7 Å². The monoisotopic (exact) mass is 391 g/mol. The average Bonchev–Trinajstić information content (AvgIpc) is 3.31. The zero-order valence-corrected chi connectivity index (χ0v) is 16.1. The molecule has 2 amide bonds. The van der Waals surface area contributed by atoms with E-state index in [0.717, 1.165) is 34.3 Å². The van der Waals surface area contributed by atoms with Crippen LogP contribution in [-0.4, -0.2) is 25.1 Å². The van der Waals surface area contributed by atoms with Crippen molar-refractivity contribution in [3.05, 3.63) is 77.1 Å². The lowest BCUT2D eigenvalue weighted by atomic mass is 10.2. The van der Waals surface area contributed by atoms with Crippen LogP contribution >= 0.6 is 11.7 Å². The van der Waals surface area contributed by atoms with E-state index in [4.69, 9.17) is 0 Å². The van der Waals surface area contributed by atoms with E-state index < -0.39 is 11.8 Å². The fraction of sp³-hybridized carbons (Fsp3) is 0.100. The van der Waals surface area contributed by atoms with Crippen molar-refractivity contribution in [2.75, 3.05) is 0 Å². The number of fused-ring (bicyclic) bond motifs is 1. The first-order valence-electron chi connectivity index (χ1n) is 8.61. The van der Waals surface area contributed by atoms with E-state index >= 15 is 0 Å². The number of aromatic nitrogens is 3. The van der Waals surface area contributed by atoms with Crippen molar-refractivity contribution in [2.24, 2.45) is 0 Å². The van der Waals surface area contributed by atoms with Crippen LogP contribution in [0.4, 0.5) is 0 Å². The molecule has 0 radical (unpaired) electrons. The molecule has 2 N–H and O–H groups in total. The summed E-state index contributed by atoms with van der Waals surface area (Å²) in [4.78, 5) is 24.6. The van der Waals surface area contributed by atoms with Gasteiger partial charge in [-0.05, 0) is 68.4 Å². The number of carbonyl (C=O) groups is 2. The molecule has 8 heteroatoms. The predicted molar refractivity (Wildman–Crippen MR) is 108 cm³/mol. The maximum Gasteiger partial charge on any atom is 0.269 e. The maximum atomic E-state index is 12.3. The molecule has 0 fully saturated rings. The summed E-state index contributed by atoms with van der Waals surface area (Å²) in [6.45, 7) is 4.06. The van der Waals surface area contributed by atoms with Gasteiger partial charge in [0.1, 0.15) is 11.0 Å². The van der Waals surface area contributed by atoms with Crippen molar-refractivity contribution in [3.8, 4) is 5.69 Å². The smallest absolute Gasteiger partial charge is 0.269 e. The quantitative estimate of drug-likeness (QED) is 0.525. The van der Waals surface area contributed by atoms with Gasteiger partial charge in [-0.2, -0.15) is 8.75 Å². The van der Waals surface area contributed by atoms with Crippen LogP contribution in [0.1, 0.15) is 32.1 Å². The van der Waals surface area contributed by atoms with Gasteiger partial charge >= 0.3 is 0 Å². The van der Waals surface area contributed by atoms with Crippen molar-refractivity contribution >= 4 is 34.6 Å². The summed E-state index contributed by atoms with van der Waals surface area (Å²) in [5.74, 6) is -0.810. The van der Waals surface area contributed by atoms with Crippen LogP contribution in [0.15, 0.2) is 54.6 Å². The highest BCUT2D eigenvalue weighted by molar-refractivity contribution is 7.00. The number of hydrazine groups is 1. The number of hydrogen-bond donors (Lipinski definition) is 2. The summed E-state index contributed by atoms with van der Waals surface area (Å²) < 4.78 is 10.3. The van der Waals surface area contributed by atoms with Crippen LogP contribution in [0.3, 0.4) is 0 Å². The van der Waals surface area contributed by atoms with E-state index in [1.54, 1.807) is 30.3 Å². The van der Waals surface area contributed by atoms with Gasteiger partial charge in [0.15, 0.2) is 0 Å². The largest absolute Gasteiger partial charge is 0.319 e. The van der Waals surface area contributed by atoms with E-state index in [0.29, 0.717) is 16.6 Å². The Labute approximate surface area is 165 Å². The van der Waals surface area contributed by atoms with Gasteiger partial charge in [0.05, 0.1) is 11.7 Å². The van der Waals surface area contributed by atoms with Gasteiger partial charge < -0.3 is 4.57 Å². The van der Waals surface area contributed by atoms with Crippen molar-refractivity contribution < 1.29 is 9.59 Å². The van der Waals surface area contributed by atoms with Gasteiger partial charge in [-0.15, -0.1) is 0 Å². The molecule has 0 unspecified atom stereocenters. The lowest BCUT2D eigenvalue weighted by Crippen LogP contribution is -2.41. The number of aryl methyl sites for hydroxylation is 2. The molecule has 7 nitrogen and oxygen atoms in total. The molecular weight excluding hydrogens is 374 g/mol. The first-order valence-corrected chi connectivity index (χ1v) is 9.34. The van der Waals surface area contributed by atoms with Crippen molar-refractivity contribution in [1.82, 2.24) is 24.2 Å². The highest BCUT2D eigenvalue weighted by Crippen LogP contribution is 2.17. The minimum Gasteiger partial charge on any atom is -0.319 e. The molecule has 0 saturated carbocycles. The zero-order chi connectivity index (χ0) is 19.7. The van der Waals surface area contributed by atoms with Crippen molar-refractivity contribution in [3.63, 3.8) is 0 Å². The van der Waals surface area contributed by atoms with Crippen LogP contribution < -0.4 is 10.9 Å². The molecule has 0 aliphatic carbocycles. The number of carbonyl (C=O) groups excluding carboxylic acids is 2. The first kappa shape index (κ1) is 17.9. The third kappa shape index (κ3) is 3.37. The van der Waals surface area contributed by atoms with Crippen LogP contribution in [-0.2, 0) is 0 Å². The van der Waals surface area contributed by atoms with E-state index in [-0.39, 0.29) is 0 Å². The van der Waals surface area contributed by atoms with Crippen molar-refractivity contribution in [1.29, 1.82) is 0 Å². The number of nitrogens with one attached hydrogen (secondary N) is 2. The third-order valence-electron chi connectivity index (χ3n) is 4.46. The Morgan fingerprint density at radius 1 is 0.786 bits per heavy atom. The van der Waals surface area contributed by atoms with Gasteiger partial charge in [0.2, 0.25) is 0 Å². The molecule has 0 bridgehead atoms. The number of benzene rings is 2. The molecule has 4 rings (SSSR count). The summed E-state index contributed by atoms with van der Waals surface area (Å²) in [7, 11) is 0. The highest BCUT2D eigenvalue weighted by Gasteiger charge is 2.11. The van der Waals surface area contributed by atoms with E-state index in [2.05, 4.69) is 24.2 Å². The van der Waals surface area contributed by atoms with Crippen LogP contribution in [0.2, 0.25) is 0 Å². The molecule has 2 aromatic heterocycles. The molecular formula is C20H17N5O2S. The minimum absolute atomic E-state index is 0.391. The molecule has 140 valence electrons. The highest BCUT2D eigenvalue weighted by atomic mass is 32.1. The van der Waals surface area contributed by atoms with Crippen molar-refractivity contribution in [2.45, 2.75) is 13.8 Å². The molecule has 4 aromatic rings. The molecule has 2 heterocycles. The van der Waals surface area contributed by atoms with Gasteiger partial charge in [0.25, 0.3) is 11.8 Å². The Morgan fingerprint density at radius 3 is 2.04 bits per heavy atom. The number of rotatable bonds is 3. The normalized spacial score (nSPS) is 10.8. The molecule has 0 spiro atoms.